The highest BCUT2D eigenvalue weighted by atomic mass is 16.3. The van der Waals surface area contributed by atoms with Gasteiger partial charge in [0.2, 0.25) is 0 Å². The van der Waals surface area contributed by atoms with Crippen molar-refractivity contribution >= 4 is 16.7 Å². The molecule has 0 atom stereocenters. The van der Waals surface area contributed by atoms with Crippen LogP contribution < -0.4 is 5.73 Å². The third kappa shape index (κ3) is 2.57. The number of anilines is 1. The Morgan fingerprint density at radius 3 is 2.95 bits per heavy atom. The number of benzene rings is 1. The molecule has 1 saturated carbocycles. The standard InChI is InChI=1S/C14H20N4O/c15-10-4-5-12-13(8-10)17-14(16-12)9-18(6-7-19)11-2-1-3-11/h4-5,8,11,19H,1-3,6-7,9,15H2,(H,16,17). The van der Waals surface area contributed by atoms with Crippen LogP contribution in [0, 0.1) is 0 Å². The third-order valence-electron chi connectivity index (χ3n) is 3.89. The molecule has 2 aromatic rings. The maximum Gasteiger partial charge on any atom is 0.121 e. The maximum atomic E-state index is 9.17. The average Bonchev–Trinajstić information content (AvgIpc) is 2.68. The molecule has 1 fully saturated rings. The molecule has 4 N–H and O–H groups in total. The second-order valence-corrected chi connectivity index (χ2v) is 5.24. The molecular weight excluding hydrogens is 240 g/mol. The van der Waals surface area contributed by atoms with Crippen molar-refractivity contribution in [1.29, 1.82) is 0 Å². The fourth-order valence-electron chi connectivity index (χ4n) is 2.62. The highest BCUT2D eigenvalue weighted by molar-refractivity contribution is 5.78. The van der Waals surface area contributed by atoms with Crippen LogP contribution in [0.4, 0.5) is 5.69 Å². The van der Waals surface area contributed by atoms with Crippen LogP contribution in [0.5, 0.6) is 0 Å². The number of nitrogens with zero attached hydrogens (tertiary/aromatic N) is 2. The van der Waals surface area contributed by atoms with Crippen molar-refractivity contribution in [1.82, 2.24) is 14.9 Å². The number of rotatable bonds is 5. The lowest BCUT2D eigenvalue weighted by Gasteiger charge is -2.36. The predicted octanol–water partition coefficient (Wildman–Crippen LogP) is 1.49. The molecule has 0 saturated heterocycles. The number of aliphatic hydroxyl groups is 1. The lowest BCUT2D eigenvalue weighted by molar-refractivity contribution is 0.0924. The Morgan fingerprint density at radius 1 is 1.42 bits per heavy atom. The smallest absolute Gasteiger partial charge is 0.121 e. The number of hydrogen-bond donors (Lipinski definition) is 3. The van der Waals surface area contributed by atoms with E-state index in [1.807, 2.05) is 18.2 Å². The number of aromatic amines is 1. The quantitative estimate of drug-likeness (QED) is 0.712. The number of nitrogen functional groups attached to an aromatic ring is 1. The van der Waals surface area contributed by atoms with E-state index in [0.717, 1.165) is 29.1 Å². The number of nitrogens with one attached hydrogen (secondary N) is 1. The van der Waals surface area contributed by atoms with Crippen LogP contribution in [-0.4, -0.2) is 39.2 Å². The van der Waals surface area contributed by atoms with Gasteiger partial charge < -0.3 is 15.8 Å². The van der Waals surface area contributed by atoms with E-state index >= 15 is 0 Å². The van der Waals surface area contributed by atoms with Gasteiger partial charge in [-0.05, 0) is 31.0 Å². The summed E-state index contributed by atoms with van der Waals surface area (Å²) in [6, 6.07) is 6.31. The Hall–Kier alpha value is -1.59. The normalized spacial score (nSPS) is 16.1. The molecule has 0 unspecified atom stereocenters. The van der Waals surface area contributed by atoms with Crippen LogP contribution in [0.2, 0.25) is 0 Å². The van der Waals surface area contributed by atoms with E-state index in [2.05, 4.69) is 14.9 Å². The molecule has 102 valence electrons. The van der Waals surface area contributed by atoms with Gasteiger partial charge in [0, 0.05) is 18.3 Å². The number of imidazole rings is 1. The minimum atomic E-state index is 0.198. The van der Waals surface area contributed by atoms with Crippen LogP contribution in [0.25, 0.3) is 11.0 Å². The van der Waals surface area contributed by atoms with Crippen molar-refractivity contribution in [3.8, 4) is 0 Å². The Morgan fingerprint density at radius 2 is 2.26 bits per heavy atom. The van der Waals surface area contributed by atoms with Crippen LogP contribution in [0.1, 0.15) is 25.1 Å². The summed E-state index contributed by atoms with van der Waals surface area (Å²) in [4.78, 5) is 10.2. The van der Waals surface area contributed by atoms with Gasteiger partial charge in [0.25, 0.3) is 0 Å². The van der Waals surface area contributed by atoms with Gasteiger partial charge >= 0.3 is 0 Å². The van der Waals surface area contributed by atoms with E-state index in [4.69, 9.17) is 5.73 Å². The molecule has 0 amide bonds. The van der Waals surface area contributed by atoms with Crippen LogP contribution >= 0.6 is 0 Å². The van der Waals surface area contributed by atoms with Gasteiger partial charge in [0.15, 0.2) is 0 Å². The summed E-state index contributed by atoms with van der Waals surface area (Å²) in [7, 11) is 0. The molecule has 0 radical (unpaired) electrons. The highest BCUT2D eigenvalue weighted by Gasteiger charge is 2.25. The Labute approximate surface area is 112 Å². The topological polar surface area (TPSA) is 78.2 Å². The number of aromatic nitrogens is 2. The van der Waals surface area contributed by atoms with E-state index in [1.165, 1.54) is 19.3 Å². The first-order chi connectivity index (χ1) is 9.26. The van der Waals surface area contributed by atoms with Crippen molar-refractivity contribution in [3.05, 3.63) is 24.0 Å². The second-order valence-electron chi connectivity index (χ2n) is 5.24. The van der Waals surface area contributed by atoms with Crippen molar-refractivity contribution in [2.45, 2.75) is 31.8 Å². The van der Waals surface area contributed by atoms with Crippen molar-refractivity contribution in [2.24, 2.45) is 0 Å². The SMILES string of the molecule is Nc1ccc2nc(CN(CCO)C3CCC3)[nH]c2c1. The third-order valence-corrected chi connectivity index (χ3v) is 3.89. The molecule has 19 heavy (non-hydrogen) atoms. The van der Waals surface area contributed by atoms with Crippen LogP contribution in [-0.2, 0) is 6.54 Å². The van der Waals surface area contributed by atoms with E-state index in [1.54, 1.807) is 0 Å². The molecule has 0 spiro atoms. The Kier molecular flexibility index (Phi) is 3.40. The second kappa shape index (κ2) is 5.19. The Balaban J connectivity index is 1.78. The molecule has 1 aliphatic rings. The fourth-order valence-corrected chi connectivity index (χ4v) is 2.62. The van der Waals surface area contributed by atoms with Gasteiger partial charge in [0.1, 0.15) is 5.82 Å². The van der Waals surface area contributed by atoms with E-state index < -0.39 is 0 Å². The van der Waals surface area contributed by atoms with E-state index in [9.17, 15) is 5.11 Å². The molecule has 1 aromatic carbocycles. The number of H-pyrrole nitrogens is 1. The molecular formula is C14H20N4O. The highest BCUT2D eigenvalue weighted by Crippen LogP contribution is 2.26. The maximum absolute atomic E-state index is 9.17. The molecule has 3 rings (SSSR count). The molecule has 5 nitrogen and oxygen atoms in total. The molecule has 1 aromatic heterocycles. The number of fused-ring (bicyclic) bond motifs is 1. The minimum Gasteiger partial charge on any atom is -0.399 e. The zero-order valence-electron chi connectivity index (χ0n) is 11.0. The predicted molar refractivity (Wildman–Crippen MR) is 75.6 cm³/mol. The lowest BCUT2D eigenvalue weighted by atomic mass is 9.91. The van der Waals surface area contributed by atoms with Gasteiger partial charge in [-0.2, -0.15) is 0 Å². The van der Waals surface area contributed by atoms with Gasteiger partial charge in [-0.15, -0.1) is 0 Å². The molecule has 0 aliphatic heterocycles. The molecule has 1 aliphatic carbocycles. The first-order valence-electron chi connectivity index (χ1n) is 6.85. The van der Waals surface area contributed by atoms with Gasteiger partial charge in [-0.3, -0.25) is 4.90 Å². The summed E-state index contributed by atoms with van der Waals surface area (Å²) in [5.74, 6) is 0.945. The summed E-state index contributed by atoms with van der Waals surface area (Å²) < 4.78 is 0. The Bertz CT molecular complexity index is 562. The van der Waals surface area contributed by atoms with E-state index in [-0.39, 0.29) is 6.61 Å². The average molecular weight is 260 g/mol. The lowest BCUT2D eigenvalue weighted by Crippen LogP contribution is -2.41. The summed E-state index contributed by atoms with van der Waals surface area (Å²) in [6.45, 7) is 1.67. The summed E-state index contributed by atoms with van der Waals surface area (Å²) >= 11 is 0. The van der Waals surface area contributed by atoms with Crippen LogP contribution in [0.3, 0.4) is 0 Å². The summed E-state index contributed by atoms with van der Waals surface area (Å²) in [6.07, 6.45) is 3.75. The fraction of sp³-hybridized carbons (Fsp3) is 0.500. The van der Waals surface area contributed by atoms with Crippen molar-refractivity contribution in [3.63, 3.8) is 0 Å². The number of nitrogens with two attached hydrogens (primary N) is 1. The first-order valence-corrected chi connectivity index (χ1v) is 6.85. The van der Waals surface area contributed by atoms with Crippen molar-refractivity contribution in [2.75, 3.05) is 18.9 Å². The number of hydrogen-bond acceptors (Lipinski definition) is 4. The van der Waals surface area contributed by atoms with E-state index in [0.29, 0.717) is 12.6 Å². The molecule has 0 bridgehead atoms. The zero-order valence-corrected chi connectivity index (χ0v) is 11.0. The van der Waals surface area contributed by atoms with Gasteiger partial charge in [-0.1, -0.05) is 6.42 Å². The van der Waals surface area contributed by atoms with Crippen LogP contribution in [0.15, 0.2) is 18.2 Å². The largest absolute Gasteiger partial charge is 0.399 e. The first kappa shape index (κ1) is 12.4. The summed E-state index contributed by atoms with van der Waals surface area (Å²) in [5.41, 5.74) is 8.44. The minimum absolute atomic E-state index is 0.198. The zero-order chi connectivity index (χ0) is 13.2. The summed E-state index contributed by atoms with van der Waals surface area (Å²) in [5, 5.41) is 9.17. The monoisotopic (exact) mass is 260 g/mol. The van der Waals surface area contributed by atoms with Gasteiger partial charge in [-0.25, -0.2) is 4.98 Å². The van der Waals surface area contributed by atoms with Crippen molar-refractivity contribution < 1.29 is 5.11 Å². The molecule has 5 heteroatoms. The molecule has 1 heterocycles. The van der Waals surface area contributed by atoms with Gasteiger partial charge in [0.05, 0.1) is 24.2 Å². The number of aliphatic hydroxyl groups excluding tert-OH is 1.